The topological polar surface area (TPSA) is 34.2 Å². The minimum absolute atomic E-state index is 0.285. The van der Waals surface area contributed by atoms with Gasteiger partial charge in [-0.1, -0.05) is 12.1 Å². The van der Waals surface area contributed by atoms with Gasteiger partial charge < -0.3 is 10.1 Å². The number of pyridine rings is 1. The molecule has 1 heterocycles. The minimum atomic E-state index is -0.311. The number of aromatic nitrogens is 1. The lowest BCUT2D eigenvalue weighted by molar-refractivity contribution is 0.386. The summed E-state index contributed by atoms with van der Waals surface area (Å²) in [7, 11) is 3.41. The number of hydrogen-bond acceptors (Lipinski definition) is 3. The van der Waals surface area contributed by atoms with E-state index in [0.717, 1.165) is 30.5 Å². The molecule has 3 nitrogen and oxygen atoms in total. The molecule has 4 heteroatoms. The monoisotopic (exact) mass is 288 g/mol. The maximum atomic E-state index is 13.7. The average molecular weight is 288 g/mol. The SMILES string of the molecule is CNC(CCc1ccccn1)Cc1ccc(OC)c(F)c1. The zero-order chi connectivity index (χ0) is 15.1. The van der Waals surface area contributed by atoms with Crippen molar-refractivity contribution in [1.82, 2.24) is 10.3 Å². The quantitative estimate of drug-likeness (QED) is 0.850. The van der Waals surface area contributed by atoms with Crippen LogP contribution < -0.4 is 10.1 Å². The Labute approximate surface area is 125 Å². The molecule has 1 aromatic carbocycles. The zero-order valence-corrected chi connectivity index (χ0v) is 12.5. The molecule has 0 amide bonds. The van der Waals surface area contributed by atoms with Gasteiger partial charge in [-0.3, -0.25) is 4.98 Å². The van der Waals surface area contributed by atoms with Crippen molar-refractivity contribution in [3.63, 3.8) is 0 Å². The number of hydrogen-bond donors (Lipinski definition) is 1. The van der Waals surface area contributed by atoms with E-state index >= 15 is 0 Å². The number of nitrogens with zero attached hydrogens (tertiary/aromatic N) is 1. The minimum Gasteiger partial charge on any atom is -0.494 e. The second-order valence-corrected chi connectivity index (χ2v) is 5.02. The van der Waals surface area contributed by atoms with E-state index in [0.29, 0.717) is 6.04 Å². The van der Waals surface area contributed by atoms with Crippen molar-refractivity contribution in [3.8, 4) is 5.75 Å². The van der Waals surface area contributed by atoms with E-state index in [1.807, 2.05) is 37.5 Å². The Morgan fingerprint density at radius 2 is 2.14 bits per heavy atom. The molecule has 21 heavy (non-hydrogen) atoms. The first-order chi connectivity index (χ1) is 10.2. The van der Waals surface area contributed by atoms with Crippen molar-refractivity contribution < 1.29 is 9.13 Å². The first-order valence-electron chi connectivity index (χ1n) is 7.12. The summed E-state index contributed by atoms with van der Waals surface area (Å²) in [6.45, 7) is 0. The van der Waals surface area contributed by atoms with Gasteiger partial charge >= 0.3 is 0 Å². The molecular weight excluding hydrogens is 267 g/mol. The van der Waals surface area contributed by atoms with Crippen LogP contribution in [0.2, 0.25) is 0 Å². The molecule has 0 aliphatic carbocycles. The van der Waals surface area contributed by atoms with Gasteiger partial charge in [-0.25, -0.2) is 4.39 Å². The van der Waals surface area contributed by atoms with Crippen molar-refractivity contribution in [2.75, 3.05) is 14.2 Å². The van der Waals surface area contributed by atoms with Gasteiger partial charge in [0.05, 0.1) is 7.11 Å². The molecule has 112 valence electrons. The van der Waals surface area contributed by atoms with E-state index in [9.17, 15) is 4.39 Å². The third kappa shape index (κ3) is 4.53. The maximum absolute atomic E-state index is 13.7. The van der Waals surface area contributed by atoms with E-state index in [4.69, 9.17) is 4.74 Å². The molecule has 1 unspecified atom stereocenters. The van der Waals surface area contributed by atoms with Gasteiger partial charge in [-0.15, -0.1) is 0 Å². The van der Waals surface area contributed by atoms with Crippen LogP contribution in [0.3, 0.4) is 0 Å². The van der Waals surface area contributed by atoms with Crippen LogP contribution in [0.5, 0.6) is 5.75 Å². The summed E-state index contributed by atoms with van der Waals surface area (Å²) in [6, 6.07) is 11.4. The summed E-state index contributed by atoms with van der Waals surface area (Å²) in [6.07, 6.45) is 4.46. The number of nitrogens with one attached hydrogen (secondary N) is 1. The van der Waals surface area contributed by atoms with Crippen LogP contribution in [0.15, 0.2) is 42.6 Å². The largest absolute Gasteiger partial charge is 0.494 e. The molecule has 1 N–H and O–H groups in total. The first-order valence-corrected chi connectivity index (χ1v) is 7.12. The lowest BCUT2D eigenvalue weighted by atomic mass is 10.0. The molecule has 0 aliphatic rings. The Hall–Kier alpha value is -1.94. The summed E-state index contributed by atoms with van der Waals surface area (Å²) < 4.78 is 18.6. The third-order valence-corrected chi connectivity index (χ3v) is 3.58. The fourth-order valence-electron chi connectivity index (χ4n) is 2.34. The molecule has 0 saturated heterocycles. The Kier molecular flexibility index (Phi) is 5.69. The van der Waals surface area contributed by atoms with Crippen LogP contribution in [0.4, 0.5) is 4.39 Å². The highest BCUT2D eigenvalue weighted by molar-refractivity contribution is 5.29. The fraction of sp³-hybridized carbons (Fsp3) is 0.353. The molecule has 0 spiro atoms. The van der Waals surface area contributed by atoms with Gasteiger partial charge in [0.15, 0.2) is 11.6 Å². The van der Waals surface area contributed by atoms with Crippen molar-refractivity contribution >= 4 is 0 Å². The normalized spacial score (nSPS) is 12.1. The van der Waals surface area contributed by atoms with Crippen molar-refractivity contribution in [2.45, 2.75) is 25.3 Å². The number of halogens is 1. The number of benzene rings is 1. The van der Waals surface area contributed by atoms with Crippen molar-refractivity contribution in [1.29, 1.82) is 0 Å². The summed E-state index contributed by atoms with van der Waals surface area (Å²) in [4.78, 5) is 4.32. The number of ether oxygens (including phenoxy) is 1. The summed E-state index contributed by atoms with van der Waals surface area (Å²) in [5, 5.41) is 3.29. The predicted molar refractivity (Wildman–Crippen MR) is 82.1 cm³/mol. The number of rotatable bonds is 7. The lowest BCUT2D eigenvalue weighted by Gasteiger charge is -2.16. The molecular formula is C17H21FN2O. The highest BCUT2D eigenvalue weighted by Gasteiger charge is 2.10. The molecule has 2 aromatic rings. The average Bonchev–Trinajstić information content (AvgIpc) is 2.52. The maximum Gasteiger partial charge on any atom is 0.165 e. The molecule has 0 radical (unpaired) electrons. The van der Waals surface area contributed by atoms with E-state index < -0.39 is 0 Å². The number of likely N-dealkylation sites (N-methyl/N-ethyl adjacent to an activating group) is 1. The summed E-state index contributed by atoms with van der Waals surface area (Å²) in [5.41, 5.74) is 2.05. The Bertz CT molecular complexity index is 560. The Morgan fingerprint density at radius 1 is 1.29 bits per heavy atom. The first kappa shape index (κ1) is 15.4. The smallest absolute Gasteiger partial charge is 0.165 e. The summed E-state index contributed by atoms with van der Waals surface area (Å²) in [5.74, 6) is -0.0252. The van der Waals surface area contributed by atoms with E-state index in [1.165, 1.54) is 7.11 Å². The molecule has 0 aliphatic heterocycles. The highest BCUT2D eigenvalue weighted by Crippen LogP contribution is 2.19. The van der Waals surface area contributed by atoms with E-state index in [-0.39, 0.29) is 11.6 Å². The molecule has 0 fully saturated rings. The zero-order valence-electron chi connectivity index (χ0n) is 12.5. The highest BCUT2D eigenvalue weighted by atomic mass is 19.1. The van der Waals surface area contributed by atoms with Gasteiger partial charge in [0.2, 0.25) is 0 Å². The number of aryl methyl sites for hydroxylation is 1. The van der Waals surface area contributed by atoms with E-state index in [1.54, 1.807) is 12.1 Å². The van der Waals surface area contributed by atoms with Crippen LogP contribution in [0.1, 0.15) is 17.7 Å². The van der Waals surface area contributed by atoms with Crippen LogP contribution in [0, 0.1) is 5.82 Å². The standard InChI is InChI=1S/C17H21FN2O/c1-19-15(8-7-14-5-3-4-10-20-14)11-13-6-9-17(21-2)16(18)12-13/h3-6,9-10,12,15,19H,7-8,11H2,1-2H3. The molecule has 0 saturated carbocycles. The van der Waals surface area contributed by atoms with E-state index in [2.05, 4.69) is 10.3 Å². The molecule has 1 atom stereocenters. The van der Waals surface area contributed by atoms with Gasteiger partial charge in [-0.2, -0.15) is 0 Å². The van der Waals surface area contributed by atoms with Crippen LogP contribution in [-0.4, -0.2) is 25.2 Å². The molecule has 1 aromatic heterocycles. The van der Waals surface area contributed by atoms with Crippen molar-refractivity contribution in [2.24, 2.45) is 0 Å². The Balaban J connectivity index is 1.94. The predicted octanol–water partition coefficient (Wildman–Crippen LogP) is 2.99. The second-order valence-electron chi connectivity index (χ2n) is 5.02. The Morgan fingerprint density at radius 3 is 2.76 bits per heavy atom. The van der Waals surface area contributed by atoms with Gasteiger partial charge in [0.25, 0.3) is 0 Å². The number of methoxy groups -OCH3 is 1. The van der Waals surface area contributed by atoms with Crippen molar-refractivity contribution in [3.05, 3.63) is 59.7 Å². The van der Waals surface area contributed by atoms with Crippen LogP contribution >= 0.6 is 0 Å². The van der Waals surface area contributed by atoms with Gasteiger partial charge in [-0.05, 0) is 56.1 Å². The third-order valence-electron chi connectivity index (χ3n) is 3.58. The van der Waals surface area contributed by atoms with Crippen LogP contribution in [0.25, 0.3) is 0 Å². The molecule has 0 bridgehead atoms. The van der Waals surface area contributed by atoms with Gasteiger partial charge in [0.1, 0.15) is 0 Å². The van der Waals surface area contributed by atoms with Crippen LogP contribution in [-0.2, 0) is 12.8 Å². The fourth-order valence-corrected chi connectivity index (χ4v) is 2.34. The van der Waals surface area contributed by atoms with Gasteiger partial charge in [0, 0.05) is 17.9 Å². The molecule has 2 rings (SSSR count). The summed E-state index contributed by atoms with van der Waals surface area (Å²) >= 11 is 0. The lowest BCUT2D eigenvalue weighted by Crippen LogP contribution is -2.28. The second kappa shape index (κ2) is 7.74.